The molecule has 0 aliphatic rings. The molecule has 0 aromatic heterocycles. The first kappa shape index (κ1) is 12.8. The van der Waals surface area contributed by atoms with Crippen LogP contribution in [-0.4, -0.2) is 20.2 Å². The van der Waals surface area contributed by atoms with E-state index in [-0.39, 0.29) is 0 Å². The van der Waals surface area contributed by atoms with Crippen LogP contribution in [0.2, 0.25) is 0 Å². The van der Waals surface area contributed by atoms with E-state index < -0.39 is 5.97 Å². The van der Waals surface area contributed by atoms with Crippen molar-refractivity contribution in [1.82, 2.24) is 0 Å². The minimum absolute atomic E-state index is 0.329. The number of hydrogen-bond donors (Lipinski definition) is 0. The van der Waals surface area contributed by atoms with E-state index in [0.717, 1.165) is 16.9 Å². The topological polar surface area (TPSA) is 35.5 Å². The van der Waals surface area contributed by atoms with Crippen LogP contribution < -0.4 is 4.74 Å². The van der Waals surface area contributed by atoms with Crippen LogP contribution >= 0.6 is 15.9 Å². The summed E-state index contributed by atoms with van der Waals surface area (Å²) in [6.45, 7) is 3.73. The van der Waals surface area contributed by atoms with Gasteiger partial charge in [0, 0.05) is 10.9 Å². The van der Waals surface area contributed by atoms with Crippen molar-refractivity contribution in [2.45, 2.75) is 5.33 Å². The van der Waals surface area contributed by atoms with Crippen LogP contribution in [-0.2, 0) is 14.9 Å². The summed E-state index contributed by atoms with van der Waals surface area (Å²) in [7, 11) is 2.92. The molecule has 86 valence electrons. The lowest BCUT2D eigenvalue weighted by atomic mass is 10.0. The van der Waals surface area contributed by atoms with Gasteiger partial charge in [0.25, 0.3) is 0 Å². The maximum absolute atomic E-state index is 11.4. The number of benzene rings is 1. The Kier molecular flexibility index (Phi) is 4.55. The number of methoxy groups -OCH3 is 2. The second kappa shape index (κ2) is 5.70. The van der Waals surface area contributed by atoms with Crippen molar-refractivity contribution in [3.8, 4) is 5.75 Å². The number of carbonyl (C=O) groups is 1. The fourth-order valence-corrected chi connectivity index (χ4v) is 1.99. The van der Waals surface area contributed by atoms with Crippen LogP contribution in [0.3, 0.4) is 0 Å². The molecule has 0 spiro atoms. The quantitative estimate of drug-likeness (QED) is 0.485. The highest BCUT2D eigenvalue weighted by atomic mass is 79.9. The van der Waals surface area contributed by atoms with Crippen LogP contribution in [0.5, 0.6) is 5.75 Å². The molecule has 0 aliphatic carbocycles. The molecule has 0 saturated heterocycles. The fourth-order valence-electron chi connectivity index (χ4n) is 1.41. The molecular formula is C12H13BrO3. The number of esters is 1. The number of alkyl halides is 1. The van der Waals surface area contributed by atoms with Crippen molar-refractivity contribution in [1.29, 1.82) is 0 Å². The smallest absolute Gasteiger partial charge is 0.337 e. The van der Waals surface area contributed by atoms with Crippen LogP contribution in [0, 0.1) is 0 Å². The van der Waals surface area contributed by atoms with Gasteiger partial charge in [-0.25, -0.2) is 4.79 Å². The number of rotatable bonds is 4. The Hall–Kier alpha value is -1.29. The molecule has 0 radical (unpaired) electrons. The van der Waals surface area contributed by atoms with E-state index in [2.05, 4.69) is 27.2 Å². The molecule has 0 aliphatic heterocycles. The third-order valence-electron chi connectivity index (χ3n) is 2.24. The van der Waals surface area contributed by atoms with Crippen molar-refractivity contribution >= 4 is 27.5 Å². The van der Waals surface area contributed by atoms with Gasteiger partial charge in [-0.1, -0.05) is 34.6 Å². The molecule has 16 heavy (non-hydrogen) atoms. The molecule has 0 N–H and O–H groups in total. The van der Waals surface area contributed by atoms with Gasteiger partial charge in [0.1, 0.15) is 5.75 Å². The molecule has 0 heterocycles. The summed E-state index contributed by atoms with van der Waals surface area (Å²) in [6.07, 6.45) is 0. The summed E-state index contributed by atoms with van der Waals surface area (Å²) < 4.78 is 9.86. The second-order valence-electron chi connectivity index (χ2n) is 3.09. The summed E-state index contributed by atoms with van der Waals surface area (Å²) in [5.41, 5.74) is 1.96. The Bertz CT molecular complexity index is 413. The number of ether oxygens (including phenoxy) is 2. The largest absolute Gasteiger partial charge is 0.496 e. The molecule has 0 saturated carbocycles. The van der Waals surface area contributed by atoms with E-state index in [1.54, 1.807) is 7.11 Å². The minimum atomic E-state index is -0.435. The van der Waals surface area contributed by atoms with Gasteiger partial charge in [-0.05, 0) is 11.6 Å². The van der Waals surface area contributed by atoms with E-state index in [4.69, 9.17) is 4.74 Å². The zero-order chi connectivity index (χ0) is 12.1. The van der Waals surface area contributed by atoms with Gasteiger partial charge < -0.3 is 9.47 Å². The summed E-state index contributed by atoms with van der Waals surface area (Å²) in [5.74, 6) is 0.287. The maximum atomic E-state index is 11.4. The lowest BCUT2D eigenvalue weighted by Crippen LogP contribution is -2.05. The maximum Gasteiger partial charge on any atom is 0.337 e. The van der Waals surface area contributed by atoms with Crippen molar-refractivity contribution in [3.63, 3.8) is 0 Å². The molecule has 1 rings (SSSR count). The van der Waals surface area contributed by atoms with E-state index in [1.165, 1.54) is 7.11 Å². The molecule has 1 aromatic rings. The molecule has 4 heteroatoms. The Morgan fingerprint density at radius 1 is 1.44 bits per heavy atom. The average molecular weight is 285 g/mol. The van der Waals surface area contributed by atoms with Gasteiger partial charge in [-0.15, -0.1) is 0 Å². The van der Waals surface area contributed by atoms with Gasteiger partial charge >= 0.3 is 5.97 Å². The van der Waals surface area contributed by atoms with Crippen LogP contribution in [0.1, 0.15) is 11.1 Å². The van der Waals surface area contributed by atoms with E-state index in [0.29, 0.717) is 10.9 Å². The Morgan fingerprint density at radius 3 is 2.62 bits per heavy atom. The third-order valence-corrected chi connectivity index (χ3v) is 2.80. The highest BCUT2D eigenvalue weighted by Crippen LogP contribution is 2.29. The molecule has 3 nitrogen and oxygen atoms in total. The average Bonchev–Trinajstić information content (AvgIpc) is 2.35. The van der Waals surface area contributed by atoms with Crippen LogP contribution in [0.25, 0.3) is 5.57 Å². The molecule has 1 aromatic carbocycles. The fraction of sp³-hybridized carbons (Fsp3) is 0.250. The zero-order valence-electron chi connectivity index (χ0n) is 9.25. The summed E-state index contributed by atoms with van der Waals surface area (Å²) in [5, 5.41) is 0.586. The normalized spacial score (nSPS) is 9.69. The van der Waals surface area contributed by atoms with Gasteiger partial charge in [0.05, 0.1) is 19.8 Å². The van der Waals surface area contributed by atoms with Gasteiger partial charge in [-0.3, -0.25) is 0 Å². The first-order valence-corrected chi connectivity index (χ1v) is 5.77. The summed E-state index contributed by atoms with van der Waals surface area (Å²) in [6, 6.07) is 5.47. The highest BCUT2D eigenvalue weighted by Gasteiger charge is 2.15. The lowest BCUT2D eigenvalue weighted by Gasteiger charge is -2.12. The molecule has 0 unspecified atom stereocenters. The van der Waals surface area contributed by atoms with Crippen LogP contribution in [0.15, 0.2) is 24.8 Å². The lowest BCUT2D eigenvalue weighted by molar-refractivity contribution is -0.133. The zero-order valence-corrected chi connectivity index (χ0v) is 10.8. The first-order chi connectivity index (χ1) is 7.65. The van der Waals surface area contributed by atoms with E-state index >= 15 is 0 Å². The van der Waals surface area contributed by atoms with Gasteiger partial charge in [-0.2, -0.15) is 0 Å². The van der Waals surface area contributed by atoms with Crippen LogP contribution in [0.4, 0.5) is 0 Å². The number of carbonyl (C=O) groups excluding carboxylic acids is 1. The van der Waals surface area contributed by atoms with E-state index in [1.807, 2.05) is 18.2 Å². The molecule has 0 fully saturated rings. The first-order valence-electron chi connectivity index (χ1n) is 4.65. The standard InChI is InChI=1S/C12H13BrO3/c1-8(12(14)16-3)9-5-4-6-11(15-2)10(9)7-13/h4-6H,1,7H2,2-3H3. The van der Waals surface area contributed by atoms with Crippen molar-refractivity contribution in [2.75, 3.05) is 14.2 Å². The van der Waals surface area contributed by atoms with Gasteiger partial charge in [0.15, 0.2) is 0 Å². The predicted molar refractivity (Wildman–Crippen MR) is 66.7 cm³/mol. The van der Waals surface area contributed by atoms with Gasteiger partial charge in [0.2, 0.25) is 0 Å². The minimum Gasteiger partial charge on any atom is -0.496 e. The summed E-state index contributed by atoms with van der Waals surface area (Å²) in [4.78, 5) is 11.4. The van der Waals surface area contributed by atoms with Crippen molar-refractivity contribution < 1.29 is 14.3 Å². The molecule has 0 amide bonds. The number of hydrogen-bond acceptors (Lipinski definition) is 3. The molecule has 0 atom stereocenters. The Morgan fingerprint density at radius 2 is 2.12 bits per heavy atom. The SMILES string of the molecule is C=C(C(=O)OC)c1cccc(OC)c1CBr. The third kappa shape index (κ3) is 2.44. The number of halogens is 1. The highest BCUT2D eigenvalue weighted by molar-refractivity contribution is 9.08. The monoisotopic (exact) mass is 284 g/mol. The van der Waals surface area contributed by atoms with Crippen molar-refractivity contribution in [3.05, 3.63) is 35.9 Å². The molecular weight excluding hydrogens is 272 g/mol. The summed E-state index contributed by atoms with van der Waals surface area (Å²) >= 11 is 3.37. The second-order valence-corrected chi connectivity index (χ2v) is 3.65. The molecule has 0 bridgehead atoms. The predicted octanol–water partition coefficient (Wildman–Crippen LogP) is 2.78. The van der Waals surface area contributed by atoms with Crippen molar-refractivity contribution in [2.24, 2.45) is 0 Å². The Labute approximate surface area is 103 Å². The van der Waals surface area contributed by atoms with E-state index in [9.17, 15) is 4.79 Å². The Balaban J connectivity index is 3.23.